The molecule has 1 aliphatic carbocycles. The quantitative estimate of drug-likeness (QED) is 0.472. The Kier molecular flexibility index (Phi) is 6.06. The van der Waals surface area contributed by atoms with Crippen molar-refractivity contribution in [3.8, 4) is 6.07 Å². The molecule has 1 aliphatic rings. The van der Waals surface area contributed by atoms with Crippen molar-refractivity contribution in [1.29, 1.82) is 5.26 Å². The van der Waals surface area contributed by atoms with Gasteiger partial charge in [0.1, 0.15) is 11.1 Å². The summed E-state index contributed by atoms with van der Waals surface area (Å²) >= 11 is 1.38. The summed E-state index contributed by atoms with van der Waals surface area (Å²) in [6, 6.07) is 9.74. The highest BCUT2D eigenvalue weighted by Crippen LogP contribution is 2.37. The van der Waals surface area contributed by atoms with Crippen LogP contribution in [0.5, 0.6) is 0 Å². The number of hydrogen-bond acceptors (Lipinski definition) is 6. The largest absolute Gasteiger partial charge is 0.378 e. The molecule has 0 saturated heterocycles. The fourth-order valence-electron chi connectivity index (χ4n) is 3.01. The molecule has 0 unspecified atom stereocenters. The van der Waals surface area contributed by atoms with E-state index < -0.39 is 11.8 Å². The maximum Gasteiger partial charge on any atom is 0.329 e. The summed E-state index contributed by atoms with van der Waals surface area (Å²) in [6.45, 7) is 0. The van der Waals surface area contributed by atoms with Crippen molar-refractivity contribution in [3.63, 3.8) is 0 Å². The van der Waals surface area contributed by atoms with Crippen molar-refractivity contribution in [2.75, 3.05) is 24.3 Å². The van der Waals surface area contributed by atoms with Crippen LogP contribution in [0.2, 0.25) is 0 Å². The number of thiophene rings is 1. The molecule has 0 saturated carbocycles. The Morgan fingerprint density at radius 1 is 1.18 bits per heavy atom. The van der Waals surface area contributed by atoms with E-state index in [9.17, 15) is 14.9 Å². The van der Waals surface area contributed by atoms with E-state index in [2.05, 4.69) is 21.9 Å². The summed E-state index contributed by atoms with van der Waals surface area (Å²) in [5, 5.41) is 16.2. The van der Waals surface area contributed by atoms with Gasteiger partial charge in [-0.1, -0.05) is 12.1 Å². The normalized spacial score (nSPS) is 12.9. The van der Waals surface area contributed by atoms with Crippen LogP contribution >= 0.6 is 11.3 Å². The molecule has 1 aromatic carbocycles. The number of carbonyl (C=O) groups is 2. The van der Waals surface area contributed by atoms with Gasteiger partial charge in [-0.2, -0.15) is 10.4 Å². The molecule has 0 bridgehead atoms. The molecule has 28 heavy (non-hydrogen) atoms. The number of benzene rings is 1. The van der Waals surface area contributed by atoms with Crippen LogP contribution in [0.25, 0.3) is 0 Å². The molecular weight excluding hydrogens is 374 g/mol. The summed E-state index contributed by atoms with van der Waals surface area (Å²) in [4.78, 5) is 27.3. The van der Waals surface area contributed by atoms with E-state index in [0.717, 1.165) is 47.4 Å². The number of carbonyl (C=O) groups excluding carboxylic acids is 2. The molecule has 1 aromatic heterocycles. The molecule has 3 rings (SSSR count). The molecule has 0 spiro atoms. The first kappa shape index (κ1) is 19.6. The Hall–Kier alpha value is -3.18. The Balaban J connectivity index is 1.60. The predicted molar refractivity (Wildman–Crippen MR) is 111 cm³/mol. The van der Waals surface area contributed by atoms with E-state index in [-0.39, 0.29) is 0 Å². The van der Waals surface area contributed by atoms with E-state index >= 15 is 0 Å². The predicted octanol–water partition coefficient (Wildman–Crippen LogP) is 2.65. The number of amides is 2. The summed E-state index contributed by atoms with van der Waals surface area (Å²) in [5.41, 5.74) is 5.55. The highest BCUT2D eigenvalue weighted by molar-refractivity contribution is 7.16. The summed E-state index contributed by atoms with van der Waals surface area (Å²) < 4.78 is 0. The fraction of sp³-hybridized carbons (Fsp3) is 0.300. The second-order valence-corrected chi connectivity index (χ2v) is 7.77. The number of fused-ring (bicyclic) bond motifs is 1. The number of nitrogens with one attached hydrogen (secondary N) is 2. The Morgan fingerprint density at radius 2 is 1.89 bits per heavy atom. The first-order chi connectivity index (χ1) is 13.5. The van der Waals surface area contributed by atoms with Crippen molar-refractivity contribution < 1.29 is 9.59 Å². The third kappa shape index (κ3) is 4.38. The molecule has 0 aliphatic heterocycles. The van der Waals surface area contributed by atoms with Crippen molar-refractivity contribution >= 4 is 40.1 Å². The third-order valence-electron chi connectivity index (χ3n) is 4.51. The minimum Gasteiger partial charge on any atom is -0.378 e. The van der Waals surface area contributed by atoms with Gasteiger partial charge in [0.2, 0.25) is 0 Å². The lowest BCUT2D eigenvalue weighted by molar-refractivity contribution is -0.136. The molecular formula is C20H21N5O2S. The van der Waals surface area contributed by atoms with Gasteiger partial charge in [-0.15, -0.1) is 11.3 Å². The minimum absolute atomic E-state index is 0.442. The topological polar surface area (TPSA) is 97.6 Å². The number of hydrazone groups is 1. The molecule has 1 heterocycles. The van der Waals surface area contributed by atoms with E-state index in [0.29, 0.717) is 10.6 Å². The summed E-state index contributed by atoms with van der Waals surface area (Å²) in [7, 11) is 3.90. The van der Waals surface area contributed by atoms with Gasteiger partial charge >= 0.3 is 11.8 Å². The second-order valence-electron chi connectivity index (χ2n) is 6.67. The van der Waals surface area contributed by atoms with Crippen molar-refractivity contribution in [2.24, 2.45) is 5.10 Å². The molecule has 8 heteroatoms. The van der Waals surface area contributed by atoms with E-state index in [1.54, 1.807) is 0 Å². The molecule has 2 amide bonds. The average molecular weight is 395 g/mol. The van der Waals surface area contributed by atoms with Crippen LogP contribution in [-0.4, -0.2) is 32.1 Å². The van der Waals surface area contributed by atoms with Gasteiger partial charge in [0.05, 0.1) is 11.8 Å². The van der Waals surface area contributed by atoms with E-state index in [1.807, 2.05) is 43.3 Å². The van der Waals surface area contributed by atoms with Crippen LogP contribution in [-0.2, 0) is 22.4 Å². The van der Waals surface area contributed by atoms with Gasteiger partial charge in [-0.05, 0) is 48.9 Å². The van der Waals surface area contributed by atoms with Crippen molar-refractivity contribution in [1.82, 2.24) is 5.43 Å². The lowest BCUT2D eigenvalue weighted by Crippen LogP contribution is -2.32. The average Bonchev–Trinajstić information content (AvgIpc) is 3.05. The first-order valence-corrected chi connectivity index (χ1v) is 9.77. The smallest absolute Gasteiger partial charge is 0.329 e. The number of rotatable bonds is 4. The molecule has 144 valence electrons. The lowest BCUT2D eigenvalue weighted by atomic mass is 9.96. The number of nitriles is 1. The SMILES string of the molecule is CN(C)c1ccc(/C=N\NC(=O)C(=O)Nc2sc3c(c2C#N)CCCC3)cc1. The third-order valence-corrected chi connectivity index (χ3v) is 5.71. The molecule has 7 nitrogen and oxygen atoms in total. The van der Waals surface area contributed by atoms with Crippen LogP contribution in [0.15, 0.2) is 29.4 Å². The molecule has 2 N–H and O–H groups in total. The first-order valence-electron chi connectivity index (χ1n) is 8.96. The molecule has 0 radical (unpaired) electrons. The minimum atomic E-state index is -0.878. The van der Waals surface area contributed by atoms with Crippen molar-refractivity contribution in [2.45, 2.75) is 25.7 Å². The van der Waals surface area contributed by atoms with Gasteiger partial charge < -0.3 is 10.2 Å². The lowest BCUT2D eigenvalue weighted by Gasteiger charge is -2.11. The zero-order valence-corrected chi connectivity index (χ0v) is 16.6. The second kappa shape index (κ2) is 8.67. The zero-order chi connectivity index (χ0) is 20.1. The van der Waals surface area contributed by atoms with Crippen molar-refractivity contribution in [3.05, 3.63) is 45.8 Å². The number of anilines is 2. The van der Waals surface area contributed by atoms with E-state index in [4.69, 9.17) is 0 Å². The van der Waals surface area contributed by atoms with Crippen LogP contribution in [0.1, 0.15) is 34.4 Å². The van der Waals surface area contributed by atoms with Gasteiger partial charge in [0.25, 0.3) is 0 Å². The van der Waals surface area contributed by atoms with Crippen LogP contribution < -0.4 is 15.6 Å². The summed E-state index contributed by atoms with van der Waals surface area (Å²) in [6.07, 6.45) is 5.34. The molecule has 0 atom stereocenters. The van der Waals surface area contributed by atoms with Gasteiger partial charge in [0.15, 0.2) is 0 Å². The van der Waals surface area contributed by atoms with Gasteiger partial charge in [-0.25, -0.2) is 5.43 Å². The maximum atomic E-state index is 12.2. The molecule has 0 fully saturated rings. The van der Waals surface area contributed by atoms with Gasteiger partial charge in [-0.3, -0.25) is 9.59 Å². The highest BCUT2D eigenvalue weighted by atomic mass is 32.1. The van der Waals surface area contributed by atoms with Crippen LogP contribution in [0.3, 0.4) is 0 Å². The summed E-state index contributed by atoms with van der Waals surface area (Å²) in [5.74, 6) is -1.72. The van der Waals surface area contributed by atoms with Crippen LogP contribution in [0.4, 0.5) is 10.7 Å². The van der Waals surface area contributed by atoms with E-state index in [1.165, 1.54) is 17.6 Å². The Labute approximate surface area is 167 Å². The maximum absolute atomic E-state index is 12.2. The Morgan fingerprint density at radius 3 is 2.57 bits per heavy atom. The Bertz CT molecular complexity index is 954. The standard InChI is InChI=1S/C20H21N5O2S/c1-25(2)14-9-7-13(8-10-14)12-22-24-19(27)18(26)23-20-16(11-21)15-5-3-4-6-17(15)28-20/h7-10,12H,3-6H2,1-2H3,(H,23,26)(H,24,27)/b22-12-. The van der Waals surface area contributed by atoms with Gasteiger partial charge in [0, 0.05) is 24.7 Å². The fourth-order valence-corrected chi connectivity index (χ4v) is 4.24. The zero-order valence-electron chi connectivity index (χ0n) is 15.8. The number of nitrogens with zero attached hydrogens (tertiary/aromatic N) is 3. The molecule has 2 aromatic rings. The monoisotopic (exact) mass is 395 g/mol. The highest BCUT2D eigenvalue weighted by Gasteiger charge is 2.23. The number of hydrogen-bond donors (Lipinski definition) is 2. The van der Waals surface area contributed by atoms with Crippen LogP contribution in [0, 0.1) is 11.3 Å². The number of aryl methyl sites for hydroxylation is 1.